The highest BCUT2D eigenvalue weighted by Crippen LogP contribution is 2.25. The SMILES string of the molecule is CC[C@H](C(=O)NCC(C)C)N(Cc1ccccc1)C(=O)CN(c1ccc(C)cc1)S(=O)(=O)c1ccc(C)cc1. The van der Waals surface area contributed by atoms with Crippen molar-refractivity contribution < 1.29 is 18.0 Å². The number of hydrogen-bond donors (Lipinski definition) is 1. The monoisotopic (exact) mass is 549 g/mol. The third kappa shape index (κ3) is 7.93. The fourth-order valence-corrected chi connectivity index (χ4v) is 5.61. The van der Waals surface area contributed by atoms with Gasteiger partial charge in [-0.25, -0.2) is 8.42 Å². The Balaban J connectivity index is 2.02. The van der Waals surface area contributed by atoms with Crippen molar-refractivity contribution in [3.05, 3.63) is 95.6 Å². The van der Waals surface area contributed by atoms with Crippen molar-refractivity contribution in [3.8, 4) is 0 Å². The second kappa shape index (κ2) is 13.4. The van der Waals surface area contributed by atoms with Gasteiger partial charge in [-0.1, -0.05) is 86.5 Å². The summed E-state index contributed by atoms with van der Waals surface area (Å²) in [6.45, 7) is 9.88. The van der Waals surface area contributed by atoms with Crippen LogP contribution in [0.2, 0.25) is 0 Å². The van der Waals surface area contributed by atoms with E-state index in [9.17, 15) is 18.0 Å². The first-order valence-corrected chi connectivity index (χ1v) is 14.7. The molecule has 0 saturated carbocycles. The largest absolute Gasteiger partial charge is 0.354 e. The molecular formula is C31H39N3O4S. The average molecular weight is 550 g/mol. The maximum Gasteiger partial charge on any atom is 0.264 e. The van der Waals surface area contributed by atoms with Crippen LogP contribution in [0.5, 0.6) is 0 Å². The van der Waals surface area contributed by atoms with E-state index in [1.807, 2.05) is 77.1 Å². The Bertz CT molecular complexity index is 1340. The van der Waals surface area contributed by atoms with Crippen LogP contribution in [-0.2, 0) is 26.2 Å². The molecular weight excluding hydrogens is 510 g/mol. The van der Waals surface area contributed by atoms with Gasteiger partial charge in [-0.05, 0) is 56.0 Å². The standard InChI is InChI=1S/C31H39N3O4S/c1-6-29(31(36)32-20-23(2)3)33(21-26-10-8-7-9-11-26)30(35)22-34(27-16-12-24(4)13-17-27)39(37,38)28-18-14-25(5)15-19-28/h7-19,23,29H,6,20-22H2,1-5H3,(H,32,36)/t29-/m1/s1. The first-order valence-electron chi connectivity index (χ1n) is 13.3. The Labute approximate surface area is 232 Å². The van der Waals surface area contributed by atoms with E-state index in [-0.39, 0.29) is 23.3 Å². The molecule has 3 aromatic carbocycles. The van der Waals surface area contributed by atoms with Crippen LogP contribution in [0, 0.1) is 19.8 Å². The summed E-state index contributed by atoms with van der Waals surface area (Å²) in [6, 6.07) is 22.2. The predicted octanol–water partition coefficient (Wildman–Crippen LogP) is 5.08. The van der Waals surface area contributed by atoms with Crippen molar-refractivity contribution in [3.63, 3.8) is 0 Å². The van der Waals surface area contributed by atoms with E-state index in [2.05, 4.69) is 5.32 Å². The van der Waals surface area contributed by atoms with Gasteiger partial charge in [0.2, 0.25) is 11.8 Å². The molecule has 0 bridgehead atoms. The lowest BCUT2D eigenvalue weighted by atomic mass is 10.1. The highest BCUT2D eigenvalue weighted by Gasteiger charge is 2.33. The van der Waals surface area contributed by atoms with E-state index >= 15 is 0 Å². The van der Waals surface area contributed by atoms with Gasteiger partial charge < -0.3 is 10.2 Å². The molecule has 0 unspecified atom stereocenters. The molecule has 1 atom stereocenters. The summed E-state index contributed by atoms with van der Waals surface area (Å²) in [5.41, 5.74) is 3.13. The number of carbonyl (C=O) groups excluding carboxylic acids is 2. The number of nitrogens with one attached hydrogen (secondary N) is 1. The summed E-state index contributed by atoms with van der Waals surface area (Å²) >= 11 is 0. The second-order valence-electron chi connectivity index (χ2n) is 10.2. The summed E-state index contributed by atoms with van der Waals surface area (Å²) in [5, 5.41) is 2.94. The number of rotatable bonds is 12. The molecule has 0 aliphatic carbocycles. The molecule has 8 heteroatoms. The van der Waals surface area contributed by atoms with Crippen molar-refractivity contribution in [2.45, 2.75) is 58.5 Å². The van der Waals surface area contributed by atoms with Gasteiger partial charge in [0.25, 0.3) is 10.0 Å². The minimum atomic E-state index is -4.07. The summed E-state index contributed by atoms with van der Waals surface area (Å²) in [7, 11) is -4.07. The van der Waals surface area contributed by atoms with Crippen LogP contribution in [0.25, 0.3) is 0 Å². The Morgan fingerprint density at radius 2 is 1.41 bits per heavy atom. The zero-order valence-corrected chi connectivity index (χ0v) is 24.2. The fourth-order valence-electron chi connectivity index (χ4n) is 4.20. The molecule has 3 aromatic rings. The normalized spacial score (nSPS) is 12.2. The van der Waals surface area contributed by atoms with Crippen LogP contribution in [-0.4, -0.2) is 44.3 Å². The van der Waals surface area contributed by atoms with E-state index in [1.165, 1.54) is 4.90 Å². The molecule has 1 N–H and O–H groups in total. The zero-order valence-electron chi connectivity index (χ0n) is 23.4. The molecule has 0 fully saturated rings. The lowest BCUT2D eigenvalue weighted by Gasteiger charge is -2.33. The zero-order chi connectivity index (χ0) is 28.6. The van der Waals surface area contributed by atoms with Crippen LogP contribution in [0.15, 0.2) is 83.8 Å². The molecule has 0 radical (unpaired) electrons. The number of amides is 2. The maximum absolute atomic E-state index is 14.0. The van der Waals surface area contributed by atoms with Gasteiger partial charge >= 0.3 is 0 Å². The molecule has 0 aliphatic heterocycles. The number of aryl methyl sites for hydroxylation is 2. The van der Waals surface area contributed by atoms with Crippen molar-refractivity contribution in [1.82, 2.24) is 10.2 Å². The van der Waals surface area contributed by atoms with Crippen molar-refractivity contribution in [2.24, 2.45) is 5.92 Å². The highest BCUT2D eigenvalue weighted by atomic mass is 32.2. The summed E-state index contributed by atoms with van der Waals surface area (Å²) < 4.78 is 28.9. The average Bonchev–Trinajstić information content (AvgIpc) is 2.91. The van der Waals surface area contributed by atoms with E-state index in [4.69, 9.17) is 0 Å². The smallest absolute Gasteiger partial charge is 0.264 e. The topological polar surface area (TPSA) is 86.8 Å². The second-order valence-corrected chi connectivity index (χ2v) is 12.1. The molecule has 0 saturated heterocycles. The molecule has 3 rings (SSSR count). The third-order valence-corrected chi connectivity index (χ3v) is 8.26. The summed E-state index contributed by atoms with van der Waals surface area (Å²) in [6.07, 6.45) is 0.387. The highest BCUT2D eigenvalue weighted by molar-refractivity contribution is 7.92. The maximum atomic E-state index is 14.0. The molecule has 0 spiro atoms. The predicted molar refractivity (Wildman–Crippen MR) is 156 cm³/mol. The number of benzene rings is 3. The quantitative estimate of drug-likeness (QED) is 0.341. The lowest BCUT2D eigenvalue weighted by molar-refractivity contribution is -0.140. The van der Waals surface area contributed by atoms with E-state index in [0.29, 0.717) is 18.7 Å². The Hall–Kier alpha value is -3.65. The van der Waals surface area contributed by atoms with Gasteiger partial charge in [0.15, 0.2) is 0 Å². The molecule has 39 heavy (non-hydrogen) atoms. The minimum Gasteiger partial charge on any atom is -0.354 e. The lowest BCUT2D eigenvalue weighted by Crippen LogP contribution is -2.52. The minimum absolute atomic E-state index is 0.0952. The van der Waals surface area contributed by atoms with Crippen molar-refractivity contribution >= 4 is 27.5 Å². The molecule has 7 nitrogen and oxygen atoms in total. The van der Waals surface area contributed by atoms with Crippen LogP contribution < -0.4 is 9.62 Å². The molecule has 2 amide bonds. The first kappa shape index (κ1) is 29.9. The summed E-state index contributed by atoms with van der Waals surface area (Å²) in [4.78, 5) is 28.8. The van der Waals surface area contributed by atoms with Crippen LogP contribution >= 0.6 is 0 Å². The molecule has 0 heterocycles. The molecule has 0 aliphatic rings. The van der Waals surface area contributed by atoms with Crippen LogP contribution in [0.4, 0.5) is 5.69 Å². The van der Waals surface area contributed by atoms with Gasteiger partial charge in [-0.2, -0.15) is 0 Å². The Morgan fingerprint density at radius 3 is 1.95 bits per heavy atom. The molecule has 208 valence electrons. The number of sulfonamides is 1. The number of nitrogens with zero attached hydrogens (tertiary/aromatic N) is 2. The number of anilines is 1. The third-order valence-electron chi connectivity index (χ3n) is 6.48. The fraction of sp³-hybridized carbons (Fsp3) is 0.355. The van der Waals surface area contributed by atoms with Crippen LogP contribution in [0.3, 0.4) is 0 Å². The van der Waals surface area contributed by atoms with Crippen molar-refractivity contribution in [1.29, 1.82) is 0 Å². The van der Waals surface area contributed by atoms with Gasteiger partial charge in [0.1, 0.15) is 12.6 Å². The van der Waals surface area contributed by atoms with Gasteiger partial charge in [-0.15, -0.1) is 0 Å². The first-order chi connectivity index (χ1) is 18.5. The van der Waals surface area contributed by atoms with Crippen molar-refractivity contribution in [2.75, 3.05) is 17.4 Å². The van der Waals surface area contributed by atoms with E-state index < -0.39 is 28.5 Å². The van der Waals surface area contributed by atoms with E-state index in [0.717, 1.165) is 21.0 Å². The Morgan fingerprint density at radius 1 is 0.846 bits per heavy atom. The number of carbonyl (C=O) groups is 2. The van der Waals surface area contributed by atoms with Gasteiger partial charge in [0, 0.05) is 13.1 Å². The van der Waals surface area contributed by atoms with Gasteiger partial charge in [-0.3, -0.25) is 13.9 Å². The van der Waals surface area contributed by atoms with E-state index in [1.54, 1.807) is 36.4 Å². The molecule has 0 aromatic heterocycles. The Kier molecular flexibility index (Phi) is 10.3. The summed E-state index contributed by atoms with van der Waals surface area (Å²) in [5.74, 6) is -0.457. The van der Waals surface area contributed by atoms with Gasteiger partial charge in [0.05, 0.1) is 10.6 Å². The van der Waals surface area contributed by atoms with Crippen LogP contribution in [0.1, 0.15) is 43.9 Å². The number of hydrogen-bond acceptors (Lipinski definition) is 4.